The van der Waals surface area contributed by atoms with Crippen molar-refractivity contribution in [2.24, 2.45) is 0 Å². The van der Waals surface area contributed by atoms with E-state index >= 15 is 0 Å². The summed E-state index contributed by atoms with van der Waals surface area (Å²) in [6.07, 6.45) is 2.33. The first-order valence-corrected chi connectivity index (χ1v) is 8.21. The molecule has 0 saturated heterocycles. The quantitative estimate of drug-likeness (QED) is 0.757. The summed E-state index contributed by atoms with van der Waals surface area (Å²) in [7, 11) is 1.61. The predicted molar refractivity (Wildman–Crippen MR) is 70.2 cm³/mol. The maximum absolute atomic E-state index is 11.5. The molecule has 0 spiro atoms. The molecule has 5 nitrogen and oxygen atoms in total. The molecular formula is C11H19ClN2O3S. The lowest BCUT2D eigenvalue weighted by Gasteiger charge is -2.08. The fourth-order valence-corrected chi connectivity index (χ4v) is 2.38. The molecule has 0 N–H and O–H groups in total. The number of hydrogen-bond donors (Lipinski definition) is 0. The normalized spacial score (nSPS) is 14.1. The predicted octanol–water partition coefficient (Wildman–Crippen LogP) is 2.71. The van der Waals surface area contributed by atoms with Crippen LogP contribution < -0.4 is 0 Å². The molecule has 0 aromatic carbocycles. The van der Waals surface area contributed by atoms with Gasteiger partial charge in [-0.1, -0.05) is 6.92 Å². The van der Waals surface area contributed by atoms with E-state index in [0.29, 0.717) is 5.69 Å². The van der Waals surface area contributed by atoms with Crippen LogP contribution in [0, 0.1) is 0 Å². The van der Waals surface area contributed by atoms with Gasteiger partial charge in [-0.2, -0.15) is 5.10 Å². The van der Waals surface area contributed by atoms with Crippen molar-refractivity contribution in [3.8, 4) is 0 Å². The van der Waals surface area contributed by atoms with Crippen molar-refractivity contribution in [3.63, 3.8) is 0 Å². The van der Waals surface area contributed by atoms with Crippen LogP contribution in [0.5, 0.6) is 0 Å². The molecule has 1 rings (SSSR count). The fraction of sp³-hybridized carbons (Fsp3) is 0.727. The van der Waals surface area contributed by atoms with Gasteiger partial charge < -0.3 is 4.74 Å². The summed E-state index contributed by atoms with van der Waals surface area (Å²) in [6, 6.07) is 0.120. The van der Waals surface area contributed by atoms with Crippen LogP contribution in [-0.2, 0) is 20.4 Å². The van der Waals surface area contributed by atoms with Crippen LogP contribution in [0.25, 0.3) is 0 Å². The maximum atomic E-state index is 11.5. The molecule has 0 radical (unpaired) electrons. The van der Waals surface area contributed by atoms with E-state index < -0.39 is 9.05 Å². The summed E-state index contributed by atoms with van der Waals surface area (Å²) in [5, 5.41) is 4.25. The third kappa shape index (κ3) is 3.96. The highest BCUT2D eigenvalue weighted by molar-refractivity contribution is 8.13. The van der Waals surface area contributed by atoms with Crippen molar-refractivity contribution in [2.75, 3.05) is 0 Å². The average molecular weight is 295 g/mol. The third-order valence-electron chi connectivity index (χ3n) is 2.63. The van der Waals surface area contributed by atoms with E-state index in [0.717, 1.165) is 6.42 Å². The second kappa shape index (κ2) is 6.04. The van der Waals surface area contributed by atoms with Gasteiger partial charge in [0.05, 0.1) is 12.7 Å². The number of ether oxygens (including phenoxy) is 1. The Balaban J connectivity index is 3.09. The Bertz CT molecular complexity index is 496. The number of hydrogen-bond acceptors (Lipinski definition) is 4. The SMILES string of the molecule is CC[C@H](C)n1cc(S(=O)(=O)Cl)c(COC(C)C)n1. The van der Waals surface area contributed by atoms with E-state index in [1.54, 1.807) is 4.68 Å². The molecule has 1 aromatic heterocycles. The van der Waals surface area contributed by atoms with Crippen molar-refractivity contribution >= 4 is 19.7 Å². The van der Waals surface area contributed by atoms with Crippen LogP contribution in [0.15, 0.2) is 11.1 Å². The zero-order chi connectivity index (χ0) is 13.9. The average Bonchev–Trinajstić information content (AvgIpc) is 2.69. The second-order valence-electron chi connectivity index (χ2n) is 4.47. The maximum Gasteiger partial charge on any atom is 0.264 e. The van der Waals surface area contributed by atoms with Gasteiger partial charge in [0.25, 0.3) is 9.05 Å². The van der Waals surface area contributed by atoms with Crippen LogP contribution in [0.2, 0.25) is 0 Å². The van der Waals surface area contributed by atoms with Crippen molar-refractivity contribution in [2.45, 2.75) is 57.8 Å². The Morgan fingerprint density at radius 3 is 2.50 bits per heavy atom. The zero-order valence-electron chi connectivity index (χ0n) is 11.1. The lowest BCUT2D eigenvalue weighted by Crippen LogP contribution is -2.07. The van der Waals surface area contributed by atoms with E-state index in [4.69, 9.17) is 15.4 Å². The summed E-state index contributed by atoms with van der Waals surface area (Å²) >= 11 is 0. The van der Waals surface area contributed by atoms with Crippen molar-refractivity contribution in [3.05, 3.63) is 11.9 Å². The molecule has 0 unspecified atom stereocenters. The second-order valence-corrected chi connectivity index (χ2v) is 7.01. The van der Waals surface area contributed by atoms with Crippen molar-refractivity contribution in [1.29, 1.82) is 0 Å². The largest absolute Gasteiger partial charge is 0.372 e. The first-order chi connectivity index (χ1) is 8.25. The van der Waals surface area contributed by atoms with Gasteiger partial charge in [0.15, 0.2) is 0 Å². The zero-order valence-corrected chi connectivity index (χ0v) is 12.6. The number of rotatable bonds is 6. The van der Waals surface area contributed by atoms with Gasteiger partial charge in [-0.05, 0) is 27.2 Å². The molecule has 0 fully saturated rings. The molecule has 104 valence electrons. The van der Waals surface area contributed by atoms with E-state index in [-0.39, 0.29) is 23.6 Å². The van der Waals surface area contributed by atoms with Gasteiger partial charge in [-0.15, -0.1) is 0 Å². The van der Waals surface area contributed by atoms with Crippen LogP contribution in [0.4, 0.5) is 0 Å². The molecule has 7 heteroatoms. The van der Waals surface area contributed by atoms with Crippen LogP contribution in [-0.4, -0.2) is 24.3 Å². The van der Waals surface area contributed by atoms with Crippen LogP contribution in [0.1, 0.15) is 45.9 Å². The van der Waals surface area contributed by atoms with Crippen LogP contribution >= 0.6 is 10.7 Å². The first-order valence-electron chi connectivity index (χ1n) is 5.90. The number of nitrogens with zero attached hydrogens (tertiary/aromatic N) is 2. The van der Waals surface area contributed by atoms with E-state index in [9.17, 15) is 8.42 Å². The van der Waals surface area contributed by atoms with E-state index in [2.05, 4.69) is 5.10 Å². The minimum Gasteiger partial charge on any atom is -0.372 e. The highest BCUT2D eigenvalue weighted by Crippen LogP contribution is 2.22. The van der Waals surface area contributed by atoms with E-state index in [1.165, 1.54) is 6.20 Å². The van der Waals surface area contributed by atoms with Gasteiger partial charge in [-0.25, -0.2) is 8.42 Å². The molecule has 1 atom stereocenters. The molecule has 0 aliphatic rings. The standard InChI is InChI=1S/C11H19ClN2O3S/c1-5-9(4)14-6-11(18(12,15)16)10(13-14)7-17-8(2)3/h6,8-9H,5,7H2,1-4H3/t9-/m0/s1. The van der Waals surface area contributed by atoms with Gasteiger partial charge in [0.2, 0.25) is 0 Å². The molecule has 0 bridgehead atoms. The minimum absolute atomic E-state index is 0.00429. The smallest absolute Gasteiger partial charge is 0.264 e. The monoisotopic (exact) mass is 294 g/mol. The molecule has 0 saturated carbocycles. The summed E-state index contributed by atoms with van der Waals surface area (Å²) in [5.74, 6) is 0. The lowest BCUT2D eigenvalue weighted by molar-refractivity contribution is 0.0618. The Morgan fingerprint density at radius 2 is 2.06 bits per heavy atom. The minimum atomic E-state index is -3.79. The summed E-state index contributed by atoms with van der Waals surface area (Å²) in [5.41, 5.74) is 0.360. The Kier molecular flexibility index (Phi) is 5.19. The summed E-state index contributed by atoms with van der Waals surface area (Å²) in [4.78, 5) is 0.0325. The lowest BCUT2D eigenvalue weighted by atomic mass is 10.3. The summed E-state index contributed by atoms with van der Waals surface area (Å²) < 4.78 is 30.0. The number of halogens is 1. The van der Waals surface area contributed by atoms with Crippen molar-refractivity contribution in [1.82, 2.24) is 9.78 Å². The molecule has 0 aliphatic carbocycles. The molecular weight excluding hydrogens is 276 g/mol. The van der Waals surface area contributed by atoms with Crippen LogP contribution in [0.3, 0.4) is 0 Å². The third-order valence-corrected chi connectivity index (χ3v) is 3.99. The Labute approximate surface area is 113 Å². The van der Waals surface area contributed by atoms with Gasteiger partial charge in [0.1, 0.15) is 10.6 Å². The number of aromatic nitrogens is 2. The molecule has 18 heavy (non-hydrogen) atoms. The highest BCUT2D eigenvalue weighted by atomic mass is 35.7. The Hall–Kier alpha value is -0.590. The molecule has 0 amide bonds. The molecule has 1 heterocycles. The topological polar surface area (TPSA) is 61.2 Å². The Morgan fingerprint density at radius 1 is 1.44 bits per heavy atom. The highest BCUT2D eigenvalue weighted by Gasteiger charge is 2.22. The fourth-order valence-electron chi connectivity index (χ4n) is 1.37. The van der Waals surface area contributed by atoms with Gasteiger partial charge in [0, 0.05) is 22.9 Å². The first kappa shape index (κ1) is 15.5. The molecule has 1 aromatic rings. The van der Waals surface area contributed by atoms with E-state index in [1.807, 2.05) is 27.7 Å². The molecule has 0 aliphatic heterocycles. The summed E-state index contributed by atoms with van der Waals surface area (Å²) in [6.45, 7) is 7.86. The van der Waals surface area contributed by atoms with Crippen molar-refractivity contribution < 1.29 is 13.2 Å². The van der Waals surface area contributed by atoms with Gasteiger partial charge in [-0.3, -0.25) is 4.68 Å². The van der Waals surface area contributed by atoms with Gasteiger partial charge >= 0.3 is 0 Å².